The van der Waals surface area contributed by atoms with E-state index in [4.69, 9.17) is 10.1 Å². The first-order valence-electron chi connectivity index (χ1n) is 6.27. The van der Waals surface area contributed by atoms with E-state index in [2.05, 4.69) is 12.1 Å². The van der Waals surface area contributed by atoms with Gasteiger partial charge in [0.2, 0.25) is 0 Å². The van der Waals surface area contributed by atoms with E-state index in [-0.39, 0.29) is 0 Å². The van der Waals surface area contributed by atoms with Gasteiger partial charge >= 0.3 is 0 Å². The largest absolute Gasteiger partial charge is 0.495 e. The van der Waals surface area contributed by atoms with Crippen molar-refractivity contribution >= 4 is 27.3 Å². The highest BCUT2D eigenvalue weighted by atomic mass is 16.5. The van der Waals surface area contributed by atoms with E-state index in [1.807, 2.05) is 43.3 Å². The van der Waals surface area contributed by atoms with Crippen LogP contribution in [0.2, 0.25) is 0 Å². The normalized spacial score (nSPS) is 10.8. The second-order valence-corrected chi connectivity index (χ2v) is 4.62. The fourth-order valence-electron chi connectivity index (χ4n) is 2.71. The molecule has 0 aliphatic rings. The second kappa shape index (κ2) is 4.39. The van der Waals surface area contributed by atoms with Crippen molar-refractivity contribution < 1.29 is 4.74 Å². The molecule has 0 atom stereocenters. The van der Waals surface area contributed by atoms with Crippen LogP contribution in [-0.4, -0.2) is 12.8 Å². The van der Waals surface area contributed by atoms with E-state index in [0.717, 1.165) is 32.9 Å². The van der Waals surface area contributed by atoms with Crippen molar-refractivity contribution in [1.82, 2.24) is 0 Å². The maximum Gasteiger partial charge on any atom is 0.134 e. The predicted molar refractivity (Wildman–Crippen MR) is 80.5 cm³/mol. The van der Waals surface area contributed by atoms with Gasteiger partial charge in [-0.15, -0.1) is 0 Å². The summed E-state index contributed by atoms with van der Waals surface area (Å²) in [6.45, 7) is 1.83. The van der Waals surface area contributed by atoms with Gasteiger partial charge in [-0.1, -0.05) is 48.5 Å². The summed E-state index contributed by atoms with van der Waals surface area (Å²) in [5.41, 5.74) is 1.57. The summed E-state index contributed by atoms with van der Waals surface area (Å²) < 4.78 is 5.60. The highest BCUT2D eigenvalue weighted by molar-refractivity contribution is 6.21. The maximum atomic E-state index is 8.09. The molecule has 0 aliphatic carbocycles. The van der Waals surface area contributed by atoms with Crippen molar-refractivity contribution in [1.29, 1.82) is 5.41 Å². The minimum absolute atomic E-state index is 0.579. The Morgan fingerprint density at radius 3 is 1.63 bits per heavy atom. The Balaban J connectivity index is 2.65. The van der Waals surface area contributed by atoms with E-state index in [1.54, 1.807) is 7.11 Å². The van der Waals surface area contributed by atoms with Crippen molar-refractivity contribution in [3.05, 3.63) is 54.1 Å². The average molecular weight is 249 g/mol. The number of nitrogens with one attached hydrogen (secondary N) is 1. The minimum Gasteiger partial charge on any atom is -0.495 e. The molecule has 3 rings (SSSR count). The second-order valence-electron chi connectivity index (χ2n) is 4.62. The number of ether oxygens (including phenoxy) is 1. The number of hydrogen-bond acceptors (Lipinski definition) is 2. The molecule has 0 heterocycles. The van der Waals surface area contributed by atoms with Crippen molar-refractivity contribution in [2.45, 2.75) is 6.92 Å². The molecule has 3 aromatic rings. The summed E-state index contributed by atoms with van der Waals surface area (Å²) in [5.74, 6) is 0.885. The van der Waals surface area contributed by atoms with Crippen LogP contribution in [0.4, 0.5) is 0 Å². The molecule has 2 heteroatoms. The fourth-order valence-corrected chi connectivity index (χ4v) is 2.71. The van der Waals surface area contributed by atoms with E-state index in [9.17, 15) is 0 Å². The summed E-state index contributed by atoms with van der Waals surface area (Å²) in [6, 6.07) is 16.2. The molecule has 0 saturated carbocycles. The van der Waals surface area contributed by atoms with Crippen LogP contribution in [0.1, 0.15) is 12.5 Å². The smallest absolute Gasteiger partial charge is 0.134 e. The fraction of sp³-hybridized carbons (Fsp3) is 0.118. The lowest BCUT2D eigenvalue weighted by atomic mass is 9.93. The minimum atomic E-state index is 0.579. The standard InChI is InChI=1S/C17H15NO/c1-11(18)16-12-7-3-5-9-14(12)17(19-2)15-10-6-4-8-13(15)16/h3-10,18H,1-2H3. The zero-order valence-electron chi connectivity index (χ0n) is 11.0. The molecule has 3 aromatic carbocycles. The molecule has 94 valence electrons. The number of rotatable bonds is 2. The number of methoxy groups -OCH3 is 1. The Morgan fingerprint density at radius 2 is 1.26 bits per heavy atom. The van der Waals surface area contributed by atoms with E-state index < -0.39 is 0 Å². The molecule has 0 unspecified atom stereocenters. The molecule has 0 aliphatic heterocycles. The Labute approximate surface area is 112 Å². The third-order valence-electron chi connectivity index (χ3n) is 3.46. The zero-order valence-corrected chi connectivity index (χ0v) is 11.0. The van der Waals surface area contributed by atoms with E-state index in [1.165, 1.54) is 0 Å². The monoisotopic (exact) mass is 249 g/mol. The van der Waals surface area contributed by atoms with Crippen LogP contribution >= 0.6 is 0 Å². The van der Waals surface area contributed by atoms with E-state index >= 15 is 0 Å². The number of hydrogen-bond donors (Lipinski definition) is 1. The van der Waals surface area contributed by atoms with Gasteiger partial charge in [0.05, 0.1) is 7.11 Å². The van der Waals surface area contributed by atoms with Crippen molar-refractivity contribution in [2.75, 3.05) is 7.11 Å². The van der Waals surface area contributed by atoms with Crippen LogP contribution in [-0.2, 0) is 0 Å². The Hall–Kier alpha value is -2.35. The SMILES string of the molecule is COc1c2ccccc2c(C(C)=N)c2ccccc12. The molecule has 0 aromatic heterocycles. The first-order chi connectivity index (χ1) is 9.24. The van der Waals surface area contributed by atoms with Gasteiger partial charge in [0.15, 0.2) is 0 Å². The quantitative estimate of drug-likeness (QED) is 0.530. The molecule has 0 spiro atoms. The summed E-state index contributed by atoms with van der Waals surface area (Å²) in [5, 5.41) is 12.4. The third kappa shape index (κ3) is 1.68. The zero-order chi connectivity index (χ0) is 13.4. The van der Waals surface area contributed by atoms with Crippen LogP contribution in [0.25, 0.3) is 21.5 Å². The molecule has 0 saturated heterocycles. The van der Waals surface area contributed by atoms with Gasteiger partial charge in [-0.3, -0.25) is 0 Å². The summed E-state index contributed by atoms with van der Waals surface area (Å²) in [6.07, 6.45) is 0. The lowest BCUT2D eigenvalue weighted by Crippen LogP contribution is -1.98. The van der Waals surface area contributed by atoms with Crippen LogP contribution in [0, 0.1) is 5.41 Å². The van der Waals surface area contributed by atoms with Crippen LogP contribution < -0.4 is 4.74 Å². The van der Waals surface area contributed by atoms with Gasteiger partial charge in [0.1, 0.15) is 5.75 Å². The van der Waals surface area contributed by atoms with Crippen molar-refractivity contribution in [2.24, 2.45) is 0 Å². The number of benzene rings is 3. The van der Waals surface area contributed by atoms with Crippen LogP contribution in [0.15, 0.2) is 48.5 Å². The predicted octanol–water partition coefficient (Wildman–Crippen LogP) is 4.39. The van der Waals surface area contributed by atoms with Crippen LogP contribution in [0.3, 0.4) is 0 Å². The summed E-state index contributed by atoms with van der Waals surface area (Å²) in [4.78, 5) is 0. The Bertz CT molecular complexity index is 733. The van der Waals surface area contributed by atoms with Gasteiger partial charge in [-0.2, -0.15) is 0 Å². The van der Waals surface area contributed by atoms with Gasteiger partial charge in [-0.05, 0) is 17.7 Å². The van der Waals surface area contributed by atoms with Gasteiger partial charge in [0.25, 0.3) is 0 Å². The van der Waals surface area contributed by atoms with Crippen molar-refractivity contribution in [3.63, 3.8) is 0 Å². The summed E-state index contributed by atoms with van der Waals surface area (Å²) in [7, 11) is 1.70. The molecule has 0 amide bonds. The highest BCUT2D eigenvalue weighted by Crippen LogP contribution is 2.38. The van der Waals surface area contributed by atoms with Gasteiger partial charge in [0, 0.05) is 22.0 Å². The Kier molecular flexibility index (Phi) is 2.71. The molecule has 0 bridgehead atoms. The van der Waals surface area contributed by atoms with E-state index in [0.29, 0.717) is 5.71 Å². The number of fused-ring (bicyclic) bond motifs is 2. The Morgan fingerprint density at radius 1 is 0.842 bits per heavy atom. The lowest BCUT2D eigenvalue weighted by Gasteiger charge is -2.15. The highest BCUT2D eigenvalue weighted by Gasteiger charge is 2.14. The molecular weight excluding hydrogens is 234 g/mol. The molecule has 2 nitrogen and oxygen atoms in total. The average Bonchev–Trinajstić information content (AvgIpc) is 2.44. The first kappa shape index (κ1) is 11.7. The maximum absolute atomic E-state index is 8.09. The van der Waals surface area contributed by atoms with Crippen molar-refractivity contribution in [3.8, 4) is 5.75 Å². The lowest BCUT2D eigenvalue weighted by molar-refractivity contribution is 0.424. The van der Waals surface area contributed by atoms with Crippen LogP contribution in [0.5, 0.6) is 5.75 Å². The molecular formula is C17H15NO. The van der Waals surface area contributed by atoms with Gasteiger partial charge in [-0.25, -0.2) is 0 Å². The molecule has 19 heavy (non-hydrogen) atoms. The molecule has 0 radical (unpaired) electrons. The molecule has 0 fully saturated rings. The third-order valence-corrected chi connectivity index (χ3v) is 3.46. The molecule has 1 N–H and O–H groups in total. The topological polar surface area (TPSA) is 33.1 Å². The first-order valence-corrected chi connectivity index (χ1v) is 6.27. The summed E-state index contributed by atoms with van der Waals surface area (Å²) >= 11 is 0. The van der Waals surface area contributed by atoms with Gasteiger partial charge < -0.3 is 10.1 Å².